The van der Waals surface area contributed by atoms with E-state index >= 15 is 0 Å². The van der Waals surface area contributed by atoms with Gasteiger partial charge in [0.2, 0.25) is 11.8 Å². The molecule has 0 saturated heterocycles. The Labute approximate surface area is 108 Å². The van der Waals surface area contributed by atoms with Crippen LogP contribution in [0.25, 0.3) is 0 Å². The molecule has 0 spiro atoms. The van der Waals surface area contributed by atoms with Crippen molar-refractivity contribution in [1.82, 2.24) is 10.6 Å². The second kappa shape index (κ2) is 7.36. The standard InChI is InChI=1S/C13H24N2O3/c1-2-14-11(16)6-7-12(17)15-10-13(18)8-4-3-5-9-13/h18H,2-10H2,1H3,(H,14,16)(H,15,17). The summed E-state index contributed by atoms with van der Waals surface area (Å²) in [6.07, 6.45) is 5.09. The molecule has 0 radical (unpaired) electrons. The number of hydrogen-bond donors (Lipinski definition) is 3. The third-order valence-electron chi connectivity index (χ3n) is 3.35. The predicted molar refractivity (Wildman–Crippen MR) is 69.0 cm³/mol. The summed E-state index contributed by atoms with van der Waals surface area (Å²) in [4.78, 5) is 22.7. The Morgan fingerprint density at radius 3 is 2.17 bits per heavy atom. The summed E-state index contributed by atoms with van der Waals surface area (Å²) >= 11 is 0. The first-order valence-electron chi connectivity index (χ1n) is 6.81. The highest BCUT2D eigenvalue weighted by Gasteiger charge is 2.29. The van der Waals surface area contributed by atoms with Crippen LogP contribution in [0, 0.1) is 0 Å². The van der Waals surface area contributed by atoms with E-state index in [0.29, 0.717) is 13.1 Å². The quantitative estimate of drug-likeness (QED) is 0.655. The van der Waals surface area contributed by atoms with Gasteiger partial charge in [-0.05, 0) is 19.8 Å². The van der Waals surface area contributed by atoms with Crippen LogP contribution < -0.4 is 10.6 Å². The number of aliphatic hydroxyl groups is 1. The number of hydrogen-bond acceptors (Lipinski definition) is 3. The number of carbonyl (C=O) groups excluding carboxylic acids is 2. The zero-order valence-corrected chi connectivity index (χ0v) is 11.1. The molecule has 0 aromatic heterocycles. The third-order valence-corrected chi connectivity index (χ3v) is 3.35. The topological polar surface area (TPSA) is 78.4 Å². The number of nitrogens with one attached hydrogen (secondary N) is 2. The van der Waals surface area contributed by atoms with Crippen LogP contribution in [-0.2, 0) is 9.59 Å². The second-order valence-electron chi connectivity index (χ2n) is 5.02. The van der Waals surface area contributed by atoms with E-state index in [4.69, 9.17) is 0 Å². The molecule has 0 aliphatic heterocycles. The number of rotatable bonds is 6. The van der Waals surface area contributed by atoms with E-state index in [2.05, 4.69) is 10.6 Å². The molecular weight excluding hydrogens is 232 g/mol. The molecule has 0 heterocycles. The van der Waals surface area contributed by atoms with E-state index in [9.17, 15) is 14.7 Å². The number of amides is 2. The molecule has 0 atom stereocenters. The lowest BCUT2D eigenvalue weighted by atomic mass is 9.85. The van der Waals surface area contributed by atoms with Crippen molar-refractivity contribution in [2.75, 3.05) is 13.1 Å². The highest BCUT2D eigenvalue weighted by Crippen LogP contribution is 2.27. The molecule has 0 aromatic carbocycles. The van der Waals surface area contributed by atoms with Gasteiger partial charge in [-0.15, -0.1) is 0 Å². The molecule has 18 heavy (non-hydrogen) atoms. The summed E-state index contributed by atoms with van der Waals surface area (Å²) in [5.41, 5.74) is -0.737. The minimum absolute atomic E-state index is 0.107. The SMILES string of the molecule is CCNC(=O)CCC(=O)NCC1(O)CCCCC1. The van der Waals surface area contributed by atoms with Crippen LogP contribution in [0.5, 0.6) is 0 Å². The molecule has 1 aliphatic carbocycles. The molecule has 0 bridgehead atoms. The summed E-state index contributed by atoms with van der Waals surface area (Å²) in [6, 6.07) is 0. The zero-order valence-electron chi connectivity index (χ0n) is 11.1. The van der Waals surface area contributed by atoms with Crippen molar-refractivity contribution in [2.45, 2.75) is 57.5 Å². The van der Waals surface area contributed by atoms with Crippen molar-refractivity contribution in [3.05, 3.63) is 0 Å². The van der Waals surface area contributed by atoms with Crippen LogP contribution in [-0.4, -0.2) is 35.6 Å². The average molecular weight is 256 g/mol. The fourth-order valence-electron chi connectivity index (χ4n) is 2.25. The summed E-state index contributed by atoms with van der Waals surface area (Å²) in [7, 11) is 0. The first kappa shape index (κ1) is 15.0. The van der Waals surface area contributed by atoms with Gasteiger partial charge in [0, 0.05) is 25.9 Å². The van der Waals surface area contributed by atoms with Crippen molar-refractivity contribution < 1.29 is 14.7 Å². The van der Waals surface area contributed by atoms with Gasteiger partial charge in [0.25, 0.3) is 0 Å². The van der Waals surface area contributed by atoms with E-state index in [1.54, 1.807) is 0 Å². The maximum Gasteiger partial charge on any atom is 0.220 e. The van der Waals surface area contributed by atoms with Crippen molar-refractivity contribution >= 4 is 11.8 Å². The van der Waals surface area contributed by atoms with Gasteiger partial charge < -0.3 is 15.7 Å². The molecule has 1 aliphatic rings. The fraction of sp³-hybridized carbons (Fsp3) is 0.846. The van der Waals surface area contributed by atoms with E-state index in [0.717, 1.165) is 32.1 Å². The predicted octanol–water partition coefficient (Wildman–Crippen LogP) is 0.714. The molecule has 1 saturated carbocycles. The highest BCUT2D eigenvalue weighted by atomic mass is 16.3. The van der Waals surface area contributed by atoms with Crippen LogP contribution >= 0.6 is 0 Å². The Morgan fingerprint density at radius 2 is 1.61 bits per heavy atom. The maximum absolute atomic E-state index is 11.5. The molecule has 5 nitrogen and oxygen atoms in total. The van der Waals surface area contributed by atoms with Crippen molar-refractivity contribution in [3.63, 3.8) is 0 Å². The van der Waals surface area contributed by atoms with Crippen LogP contribution in [0.1, 0.15) is 51.9 Å². The molecule has 3 N–H and O–H groups in total. The van der Waals surface area contributed by atoms with E-state index in [1.165, 1.54) is 0 Å². The Kier molecular flexibility index (Phi) is 6.12. The van der Waals surface area contributed by atoms with Crippen LogP contribution in [0.4, 0.5) is 0 Å². The van der Waals surface area contributed by atoms with Gasteiger partial charge in [-0.2, -0.15) is 0 Å². The summed E-state index contributed by atoms with van der Waals surface area (Å²) in [5, 5.41) is 15.6. The zero-order chi connectivity index (χ0) is 13.4. The smallest absolute Gasteiger partial charge is 0.220 e. The molecular formula is C13H24N2O3. The van der Waals surface area contributed by atoms with E-state index in [-0.39, 0.29) is 24.7 Å². The Hall–Kier alpha value is -1.10. The van der Waals surface area contributed by atoms with Gasteiger partial charge in [0.15, 0.2) is 0 Å². The Bertz CT molecular complexity index is 286. The van der Waals surface area contributed by atoms with Crippen molar-refractivity contribution in [3.8, 4) is 0 Å². The first-order valence-corrected chi connectivity index (χ1v) is 6.81. The van der Waals surface area contributed by atoms with E-state index in [1.807, 2.05) is 6.92 Å². The Balaban J connectivity index is 2.18. The normalized spacial score (nSPS) is 18.1. The third kappa shape index (κ3) is 5.49. The average Bonchev–Trinajstić information content (AvgIpc) is 2.35. The van der Waals surface area contributed by atoms with Gasteiger partial charge in [0.05, 0.1) is 5.60 Å². The summed E-state index contributed by atoms with van der Waals surface area (Å²) < 4.78 is 0. The minimum atomic E-state index is -0.737. The molecule has 2 amide bonds. The summed E-state index contributed by atoms with van der Waals surface area (Å²) in [5.74, 6) is -0.274. The molecule has 0 aromatic rings. The fourth-order valence-corrected chi connectivity index (χ4v) is 2.25. The molecule has 104 valence electrons. The van der Waals surface area contributed by atoms with Crippen LogP contribution in [0.3, 0.4) is 0 Å². The lowest BCUT2D eigenvalue weighted by Gasteiger charge is -2.32. The van der Waals surface area contributed by atoms with E-state index < -0.39 is 5.60 Å². The van der Waals surface area contributed by atoms with Crippen molar-refractivity contribution in [2.24, 2.45) is 0 Å². The Morgan fingerprint density at radius 1 is 1.06 bits per heavy atom. The molecule has 5 heteroatoms. The van der Waals surface area contributed by atoms with Crippen LogP contribution in [0.2, 0.25) is 0 Å². The molecule has 1 fully saturated rings. The summed E-state index contributed by atoms with van der Waals surface area (Å²) in [6.45, 7) is 2.73. The first-order chi connectivity index (χ1) is 8.56. The van der Waals surface area contributed by atoms with Gasteiger partial charge >= 0.3 is 0 Å². The van der Waals surface area contributed by atoms with Gasteiger partial charge in [-0.1, -0.05) is 19.3 Å². The lowest BCUT2D eigenvalue weighted by Crippen LogP contribution is -2.44. The molecule has 1 rings (SSSR count). The van der Waals surface area contributed by atoms with Gasteiger partial charge in [-0.3, -0.25) is 9.59 Å². The second-order valence-corrected chi connectivity index (χ2v) is 5.02. The largest absolute Gasteiger partial charge is 0.388 e. The van der Waals surface area contributed by atoms with Crippen LogP contribution in [0.15, 0.2) is 0 Å². The number of carbonyl (C=O) groups is 2. The van der Waals surface area contributed by atoms with Crippen molar-refractivity contribution in [1.29, 1.82) is 0 Å². The van der Waals surface area contributed by atoms with Gasteiger partial charge in [-0.25, -0.2) is 0 Å². The van der Waals surface area contributed by atoms with Gasteiger partial charge in [0.1, 0.15) is 0 Å². The molecule has 0 unspecified atom stereocenters. The minimum Gasteiger partial charge on any atom is -0.388 e. The lowest BCUT2D eigenvalue weighted by molar-refractivity contribution is -0.127. The highest BCUT2D eigenvalue weighted by molar-refractivity contribution is 5.83. The maximum atomic E-state index is 11.5. The monoisotopic (exact) mass is 256 g/mol.